The summed E-state index contributed by atoms with van der Waals surface area (Å²) in [7, 11) is 0. The lowest BCUT2D eigenvalue weighted by atomic mass is 10.1. The second-order valence-corrected chi connectivity index (χ2v) is 15.1. The Morgan fingerprint density at radius 2 is 0.741 bits per heavy atom. The molecule has 1 unspecified atom stereocenters. The summed E-state index contributed by atoms with van der Waals surface area (Å²) in [5.74, 6) is -0.642. The van der Waals surface area contributed by atoms with Crippen LogP contribution in [0.2, 0.25) is 0 Å². The molecule has 328 valence electrons. The van der Waals surface area contributed by atoms with E-state index in [2.05, 4.69) is 123 Å². The maximum atomic E-state index is 12.2. The number of aliphatic hydroxyl groups is 1. The fraction of sp³-hybridized carbons (Fsp3) is 0.623. The van der Waals surface area contributed by atoms with Crippen molar-refractivity contribution in [2.45, 2.75) is 200 Å². The molecular formula is C53H86O5. The highest BCUT2D eigenvalue weighted by atomic mass is 16.6. The second-order valence-electron chi connectivity index (χ2n) is 15.1. The lowest BCUT2D eigenvalue weighted by Crippen LogP contribution is -2.28. The Kier molecular flexibility index (Phi) is 45.1. The molecule has 0 bridgehead atoms. The van der Waals surface area contributed by atoms with Gasteiger partial charge in [-0.25, -0.2) is 0 Å². The number of rotatable bonds is 41. The van der Waals surface area contributed by atoms with Crippen molar-refractivity contribution in [3.05, 3.63) is 109 Å². The lowest BCUT2D eigenvalue weighted by Gasteiger charge is -2.15. The molecule has 0 heterocycles. The van der Waals surface area contributed by atoms with Gasteiger partial charge in [-0.3, -0.25) is 9.59 Å². The van der Waals surface area contributed by atoms with Crippen LogP contribution in [0.5, 0.6) is 0 Å². The van der Waals surface area contributed by atoms with Gasteiger partial charge in [-0.2, -0.15) is 0 Å². The molecular weight excluding hydrogens is 717 g/mol. The van der Waals surface area contributed by atoms with E-state index in [9.17, 15) is 14.7 Å². The largest absolute Gasteiger partial charge is 0.462 e. The SMILES string of the molecule is CC/C=C\C/C=C\C/C=C\C/C=C\C/C=C\C/C=C\C/C=C\CCCCCC(=O)OC(CO)COC(=O)CCCCCCCCCCC/C=C\C/C=C\CCCCC. The van der Waals surface area contributed by atoms with Gasteiger partial charge in [-0.1, -0.05) is 187 Å². The number of carbonyl (C=O) groups excluding carboxylic acids is 2. The van der Waals surface area contributed by atoms with Gasteiger partial charge in [0.15, 0.2) is 6.10 Å². The molecule has 5 heteroatoms. The van der Waals surface area contributed by atoms with Gasteiger partial charge < -0.3 is 14.6 Å². The molecule has 0 spiro atoms. The zero-order valence-corrected chi connectivity index (χ0v) is 37.3. The summed E-state index contributed by atoms with van der Waals surface area (Å²) in [6, 6.07) is 0. The molecule has 0 saturated carbocycles. The molecule has 1 N–H and O–H groups in total. The molecule has 0 amide bonds. The van der Waals surface area contributed by atoms with Crippen LogP contribution in [-0.2, 0) is 19.1 Å². The molecule has 0 aliphatic carbocycles. The molecule has 0 aliphatic rings. The van der Waals surface area contributed by atoms with Gasteiger partial charge in [0.25, 0.3) is 0 Å². The van der Waals surface area contributed by atoms with Crippen molar-refractivity contribution in [2.75, 3.05) is 13.2 Å². The number of allylic oxidation sites excluding steroid dienone is 18. The highest BCUT2D eigenvalue weighted by Gasteiger charge is 2.16. The summed E-state index contributed by atoms with van der Waals surface area (Å²) < 4.78 is 10.6. The van der Waals surface area contributed by atoms with Gasteiger partial charge in [-0.05, 0) is 103 Å². The molecule has 0 aliphatic heterocycles. The van der Waals surface area contributed by atoms with E-state index in [0.29, 0.717) is 12.8 Å². The molecule has 0 aromatic heterocycles. The predicted molar refractivity (Wildman–Crippen MR) is 251 cm³/mol. The normalized spacial score (nSPS) is 13.2. The summed E-state index contributed by atoms with van der Waals surface area (Å²) in [5, 5.41) is 9.60. The molecule has 0 aromatic carbocycles. The first-order valence-electron chi connectivity index (χ1n) is 23.4. The molecule has 0 saturated heterocycles. The lowest BCUT2D eigenvalue weighted by molar-refractivity contribution is -0.161. The van der Waals surface area contributed by atoms with E-state index < -0.39 is 6.10 Å². The molecule has 0 fully saturated rings. The number of aliphatic hydroxyl groups excluding tert-OH is 1. The molecule has 1 atom stereocenters. The van der Waals surface area contributed by atoms with Crippen molar-refractivity contribution in [3.63, 3.8) is 0 Å². The van der Waals surface area contributed by atoms with Crippen LogP contribution in [-0.4, -0.2) is 36.4 Å². The quantitative estimate of drug-likeness (QED) is 0.0379. The average Bonchev–Trinajstić information content (AvgIpc) is 3.23. The molecule has 5 nitrogen and oxygen atoms in total. The summed E-state index contributed by atoms with van der Waals surface area (Å²) >= 11 is 0. The maximum absolute atomic E-state index is 12.2. The molecule has 0 rings (SSSR count). The van der Waals surface area contributed by atoms with E-state index in [1.165, 1.54) is 70.6 Å². The first-order chi connectivity index (χ1) is 28.6. The fourth-order valence-electron chi connectivity index (χ4n) is 6.03. The first-order valence-corrected chi connectivity index (χ1v) is 23.4. The van der Waals surface area contributed by atoms with Crippen molar-refractivity contribution in [1.29, 1.82) is 0 Å². The summed E-state index contributed by atoms with van der Waals surface area (Å²) in [6.07, 6.45) is 68.7. The first kappa shape index (κ1) is 54.6. The Labute approximate surface area is 357 Å². The van der Waals surface area contributed by atoms with Crippen molar-refractivity contribution in [1.82, 2.24) is 0 Å². The van der Waals surface area contributed by atoms with E-state index in [-0.39, 0.29) is 25.2 Å². The van der Waals surface area contributed by atoms with Gasteiger partial charge >= 0.3 is 11.9 Å². The number of hydrogen-bond acceptors (Lipinski definition) is 5. The fourth-order valence-corrected chi connectivity index (χ4v) is 6.03. The van der Waals surface area contributed by atoms with E-state index in [0.717, 1.165) is 96.3 Å². The standard InChI is InChI=1S/C53H86O5/c1-3-5-7-9-11-13-15-17-19-21-23-24-25-26-27-28-30-32-34-36-38-40-42-44-46-48-53(56)58-51(49-54)50-57-52(55)47-45-43-41-39-37-35-33-31-29-22-20-18-16-14-12-10-8-6-4-2/h5,7,11-14,17-20,23-24,26-27,30,32,36,38,51,54H,3-4,6,8-10,15-16,21-22,25,28-29,31,33-35,37,39-50H2,1-2H3/b7-5-,13-11-,14-12-,19-17-,20-18-,24-23-,27-26-,32-30-,38-36-. The topological polar surface area (TPSA) is 72.8 Å². The molecule has 0 aromatic rings. The molecule has 58 heavy (non-hydrogen) atoms. The minimum absolute atomic E-state index is 0.0887. The zero-order chi connectivity index (χ0) is 42.1. The van der Waals surface area contributed by atoms with Gasteiger partial charge in [0.05, 0.1) is 6.61 Å². The second kappa shape index (κ2) is 47.9. The minimum atomic E-state index is -0.799. The zero-order valence-electron chi connectivity index (χ0n) is 37.3. The monoisotopic (exact) mass is 803 g/mol. The average molecular weight is 803 g/mol. The van der Waals surface area contributed by atoms with E-state index >= 15 is 0 Å². The van der Waals surface area contributed by atoms with Crippen LogP contribution < -0.4 is 0 Å². The van der Waals surface area contributed by atoms with E-state index in [4.69, 9.17) is 9.47 Å². The Morgan fingerprint density at radius 1 is 0.414 bits per heavy atom. The molecule has 0 radical (unpaired) electrons. The van der Waals surface area contributed by atoms with Crippen LogP contribution in [0.15, 0.2) is 109 Å². The predicted octanol–water partition coefficient (Wildman–Crippen LogP) is 15.4. The summed E-state index contributed by atoms with van der Waals surface area (Å²) in [6.45, 7) is 3.96. The van der Waals surface area contributed by atoms with Crippen molar-refractivity contribution in [3.8, 4) is 0 Å². The van der Waals surface area contributed by atoms with Gasteiger partial charge in [0, 0.05) is 12.8 Å². The van der Waals surface area contributed by atoms with Crippen molar-refractivity contribution >= 4 is 11.9 Å². The minimum Gasteiger partial charge on any atom is -0.462 e. The number of carbonyl (C=O) groups is 2. The number of esters is 2. The van der Waals surface area contributed by atoms with Crippen LogP contribution in [0, 0.1) is 0 Å². The van der Waals surface area contributed by atoms with Crippen LogP contribution >= 0.6 is 0 Å². The third-order valence-electron chi connectivity index (χ3n) is 9.55. The Balaban J connectivity index is 3.66. The maximum Gasteiger partial charge on any atom is 0.306 e. The highest BCUT2D eigenvalue weighted by Crippen LogP contribution is 2.13. The summed E-state index contributed by atoms with van der Waals surface area (Å²) in [4.78, 5) is 24.4. The number of ether oxygens (including phenoxy) is 2. The van der Waals surface area contributed by atoms with Gasteiger partial charge in [0.1, 0.15) is 6.61 Å². The van der Waals surface area contributed by atoms with Crippen LogP contribution in [0.1, 0.15) is 194 Å². The third-order valence-corrected chi connectivity index (χ3v) is 9.55. The number of hydrogen-bond donors (Lipinski definition) is 1. The Hall–Kier alpha value is -3.44. The highest BCUT2D eigenvalue weighted by molar-refractivity contribution is 5.70. The van der Waals surface area contributed by atoms with Gasteiger partial charge in [0.2, 0.25) is 0 Å². The van der Waals surface area contributed by atoms with Crippen LogP contribution in [0.25, 0.3) is 0 Å². The van der Waals surface area contributed by atoms with Crippen LogP contribution in [0.4, 0.5) is 0 Å². The Bertz CT molecular complexity index is 1180. The summed E-state index contributed by atoms with van der Waals surface area (Å²) in [5.41, 5.74) is 0. The Morgan fingerprint density at radius 3 is 1.14 bits per heavy atom. The van der Waals surface area contributed by atoms with Gasteiger partial charge in [-0.15, -0.1) is 0 Å². The number of unbranched alkanes of at least 4 members (excludes halogenated alkanes) is 15. The smallest absolute Gasteiger partial charge is 0.306 e. The van der Waals surface area contributed by atoms with Crippen LogP contribution in [0.3, 0.4) is 0 Å². The van der Waals surface area contributed by atoms with E-state index in [1.54, 1.807) is 0 Å². The van der Waals surface area contributed by atoms with Crippen molar-refractivity contribution < 1.29 is 24.2 Å². The van der Waals surface area contributed by atoms with Crippen molar-refractivity contribution in [2.24, 2.45) is 0 Å². The van der Waals surface area contributed by atoms with E-state index in [1.807, 2.05) is 0 Å². The third kappa shape index (κ3) is 45.3.